The number of thiophene rings is 1. The second kappa shape index (κ2) is 6.18. The van der Waals surface area contributed by atoms with E-state index in [9.17, 15) is 9.59 Å². The zero-order valence-corrected chi connectivity index (χ0v) is 14.7. The summed E-state index contributed by atoms with van der Waals surface area (Å²) < 4.78 is 2.12. The number of carbonyl (C=O) groups is 2. The summed E-state index contributed by atoms with van der Waals surface area (Å²) in [5.41, 5.74) is 14.3. The Kier molecular flexibility index (Phi) is 3.99. The van der Waals surface area contributed by atoms with Crippen LogP contribution in [0.3, 0.4) is 0 Å². The first-order valence-corrected chi connectivity index (χ1v) is 9.43. The number of urea groups is 1. The zero-order valence-electron chi connectivity index (χ0n) is 13.9. The highest BCUT2D eigenvalue weighted by Crippen LogP contribution is 2.45. The second-order valence-electron chi connectivity index (χ2n) is 6.80. The van der Waals surface area contributed by atoms with Crippen LogP contribution in [0.25, 0.3) is 10.4 Å². The number of nitrogens with zero attached hydrogens (tertiary/aromatic N) is 2. The fourth-order valence-electron chi connectivity index (χ4n) is 4.08. The summed E-state index contributed by atoms with van der Waals surface area (Å²) in [6.07, 6.45) is 8.59. The lowest BCUT2D eigenvalue weighted by Crippen LogP contribution is -2.22. The predicted molar refractivity (Wildman–Crippen MR) is 96.6 cm³/mol. The molecular formula is C17H21N5O2S. The van der Waals surface area contributed by atoms with Crippen molar-refractivity contribution < 1.29 is 9.59 Å². The maximum atomic E-state index is 11.9. The molecule has 2 heterocycles. The molecule has 2 aliphatic carbocycles. The Morgan fingerprint density at radius 2 is 2.04 bits per heavy atom. The van der Waals surface area contributed by atoms with E-state index in [1.165, 1.54) is 42.7 Å². The average Bonchev–Trinajstić information content (AvgIpc) is 3.25. The molecule has 5 N–H and O–H groups in total. The Balaban J connectivity index is 1.73. The van der Waals surface area contributed by atoms with Gasteiger partial charge in [0.05, 0.1) is 11.8 Å². The van der Waals surface area contributed by atoms with Crippen molar-refractivity contribution in [1.29, 1.82) is 0 Å². The van der Waals surface area contributed by atoms with Gasteiger partial charge in [0.1, 0.15) is 5.00 Å². The van der Waals surface area contributed by atoms with Crippen LogP contribution in [0.1, 0.15) is 47.3 Å². The monoisotopic (exact) mass is 359 g/mol. The van der Waals surface area contributed by atoms with Gasteiger partial charge in [0.2, 0.25) is 0 Å². The number of nitrogens with one attached hydrogen (secondary N) is 1. The molecule has 0 unspecified atom stereocenters. The van der Waals surface area contributed by atoms with Crippen molar-refractivity contribution in [1.82, 2.24) is 9.78 Å². The van der Waals surface area contributed by atoms with Crippen molar-refractivity contribution in [2.24, 2.45) is 17.4 Å². The van der Waals surface area contributed by atoms with E-state index in [4.69, 9.17) is 11.5 Å². The molecule has 2 aromatic heterocycles. The minimum atomic E-state index is -0.696. The number of amides is 3. The van der Waals surface area contributed by atoms with Gasteiger partial charge < -0.3 is 11.5 Å². The third-order valence-corrected chi connectivity index (χ3v) is 6.38. The van der Waals surface area contributed by atoms with Crippen molar-refractivity contribution in [3.63, 3.8) is 0 Å². The van der Waals surface area contributed by atoms with Gasteiger partial charge in [-0.25, -0.2) is 4.79 Å². The number of carbonyl (C=O) groups excluding carboxylic acids is 2. The van der Waals surface area contributed by atoms with Crippen LogP contribution < -0.4 is 16.8 Å². The van der Waals surface area contributed by atoms with Gasteiger partial charge >= 0.3 is 6.03 Å². The third kappa shape index (κ3) is 2.80. The van der Waals surface area contributed by atoms with E-state index in [0.717, 1.165) is 29.0 Å². The lowest BCUT2D eigenvalue weighted by molar-refractivity contribution is 0.100. The molecule has 2 aliphatic rings. The molecule has 1 saturated carbocycles. The highest BCUT2D eigenvalue weighted by Gasteiger charge is 2.30. The summed E-state index contributed by atoms with van der Waals surface area (Å²) in [6, 6.07) is -0.696. The Bertz CT molecular complexity index is 848. The molecule has 3 amide bonds. The number of hydrogen-bond donors (Lipinski definition) is 3. The van der Waals surface area contributed by atoms with Gasteiger partial charge in [0.15, 0.2) is 0 Å². The van der Waals surface area contributed by atoms with Crippen LogP contribution in [0.2, 0.25) is 0 Å². The van der Waals surface area contributed by atoms with Crippen molar-refractivity contribution in [2.75, 3.05) is 5.32 Å². The maximum Gasteiger partial charge on any atom is 0.317 e. The van der Waals surface area contributed by atoms with Gasteiger partial charge in [-0.2, -0.15) is 5.10 Å². The standard InChI is InChI=1S/C17H21N5O2S/c18-15(23)13-10-5-6-12-11(14(10)25-16(13)21-17(19)24)7-20-22(12)8-9-3-1-2-4-9/h7,9H,1-6,8H2,(H2,18,23)(H3,19,21,24). The molecule has 0 radical (unpaired) electrons. The molecule has 25 heavy (non-hydrogen) atoms. The first-order chi connectivity index (χ1) is 12.0. The normalized spacial score (nSPS) is 16.5. The smallest absolute Gasteiger partial charge is 0.317 e. The van der Waals surface area contributed by atoms with E-state index >= 15 is 0 Å². The quantitative estimate of drug-likeness (QED) is 0.778. The first kappa shape index (κ1) is 16.1. The van der Waals surface area contributed by atoms with E-state index in [0.29, 0.717) is 22.9 Å². The Labute approximate surface area is 149 Å². The third-order valence-electron chi connectivity index (χ3n) is 5.20. The van der Waals surface area contributed by atoms with Crippen LogP contribution in [0, 0.1) is 5.92 Å². The maximum absolute atomic E-state index is 11.9. The van der Waals surface area contributed by atoms with Crippen LogP contribution in [-0.4, -0.2) is 21.7 Å². The summed E-state index contributed by atoms with van der Waals surface area (Å²) in [4.78, 5) is 24.1. The molecule has 132 valence electrons. The van der Waals surface area contributed by atoms with E-state index in [-0.39, 0.29) is 0 Å². The molecule has 7 nitrogen and oxygen atoms in total. The molecule has 0 saturated heterocycles. The zero-order chi connectivity index (χ0) is 17.6. The first-order valence-electron chi connectivity index (χ1n) is 8.61. The van der Waals surface area contributed by atoms with Gasteiger partial charge in [0.25, 0.3) is 5.91 Å². The minimum Gasteiger partial charge on any atom is -0.365 e. The van der Waals surface area contributed by atoms with Crippen LogP contribution in [0.5, 0.6) is 0 Å². The largest absolute Gasteiger partial charge is 0.365 e. The molecule has 1 fully saturated rings. The van der Waals surface area contributed by atoms with Gasteiger partial charge in [-0.1, -0.05) is 12.8 Å². The lowest BCUT2D eigenvalue weighted by Gasteiger charge is -2.17. The number of nitrogens with two attached hydrogens (primary N) is 2. The number of hydrogen-bond acceptors (Lipinski definition) is 4. The highest BCUT2D eigenvalue weighted by molar-refractivity contribution is 7.20. The van der Waals surface area contributed by atoms with Crippen molar-refractivity contribution in [2.45, 2.75) is 45.1 Å². The molecular weight excluding hydrogens is 338 g/mol. The van der Waals surface area contributed by atoms with Gasteiger partial charge in [0, 0.05) is 22.7 Å². The molecule has 2 aromatic rings. The number of rotatable bonds is 4. The lowest BCUT2D eigenvalue weighted by atomic mass is 9.93. The number of primary amides is 2. The van der Waals surface area contributed by atoms with Crippen LogP contribution in [0.4, 0.5) is 9.80 Å². The Hall–Kier alpha value is -2.35. The number of aromatic nitrogens is 2. The molecule has 0 aliphatic heterocycles. The van der Waals surface area contributed by atoms with Crippen LogP contribution >= 0.6 is 11.3 Å². The minimum absolute atomic E-state index is 0.382. The van der Waals surface area contributed by atoms with Crippen LogP contribution in [-0.2, 0) is 19.4 Å². The molecule has 0 aromatic carbocycles. The van der Waals surface area contributed by atoms with Crippen molar-refractivity contribution in [3.8, 4) is 10.4 Å². The molecule has 8 heteroatoms. The Morgan fingerprint density at radius 1 is 1.28 bits per heavy atom. The highest BCUT2D eigenvalue weighted by atomic mass is 32.1. The summed E-state index contributed by atoms with van der Waals surface area (Å²) in [7, 11) is 0. The Morgan fingerprint density at radius 3 is 2.72 bits per heavy atom. The molecule has 0 spiro atoms. The summed E-state index contributed by atoms with van der Waals surface area (Å²) in [5, 5.41) is 7.57. The fourth-order valence-corrected chi connectivity index (χ4v) is 5.37. The molecule has 0 atom stereocenters. The van der Waals surface area contributed by atoms with Gasteiger partial charge in [-0.3, -0.25) is 14.8 Å². The topological polar surface area (TPSA) is 116 Å². The van der Waals surface area contributed by atoms with Crippen molar-refractivity contribution in [3.05, 3.63) is 23.0 Å². The van der Waals surface area contributed by atoms with Gasteiger partial charge in [-0.05, 0) is 37.2 Å². The SMILES string of the molecule is NC(=O)Nc1sc2c(c1C(N)=O)CCc1c-2cnn1CC1CCCC1. The van der Waals surface area contributed by atoms with E-state index < -0.39 is 11.9 Å². The van der Waals surface area contributed by atoms with Crippen LogP contribution in [0.15, 0.2) is 6.20 Å². The average molecular weight is 359 g/mol. The number of fused-ring (bicyclic) bond motifs is 3. The second-order valence-corrected chi connectivity index (χ2v) is 7.83. The van der Waals surface area contributed by atoms with E-state index in [1.54, 1.807) is 0 Å². The summed E-state index contributed by atoms with van der Waals surface area (Å²) in [6.45, 7) is 0.963. The summed E-state index contributed by atoms with van der Waals surface area (Å²) in [5.74, 6) is 0.171. The predicted octanol–water partition coefficient (Wildman–Crippen LogP) is 2.49. The van der Waals surface area contributed by atoms with Crippen molar-refractivity contribution >= 4 is 28.3 Å². The van der Waals surface area contributed by atoms with Gasteiger partial charge in [-0.15, -0.1) is 11.3 Å². The fraction of sp³-hybridized carbons (Fsp3) is 0.471. The number of anilines is 1. The summed E-state index contributed by atoms with van der Waals surface area (Å²) >= 11 is 1.35. The molecule has 0 bridgehead atoms. The van der Waals surface area contributed by atoms with E-state index in [2.05, 4.69) is 15.1 Å². The van der Waals surface area contributed by atoms with E-state index in [1.807, 2.05) is 6.20 Å². The molecule has 4 rings (SSSR count).